The summed E-state index contributed by atoms with van der Waals surface area (Å²) >= 11 is 1.60. The average Bonchev–Trinajstić information content (AvgIpc) is 3.28. The van der Waals surface area contributed by atoms with Gasteiger partial charge in [0.15, 0.2) is 0 Å². The Morgan fingerprint density at radius 1 is 1.24 bits per heavy atom. The van der Waals surface area contributed by atoms with Crippen LogP contribution in [0.25, 0.3) is 11.1 Å². The zero-order valence-corrected chi connectivity index (χ0v) is 17.6. The van der Waals surface area contributed by atoms with Crippen molar-refractivity contribution in [1.29, 1.82) is 0 Å². The summed E-state index contributed by atoms with van der Waals surface area (Å²) in [5, 5.41) is 9.92. The maximum atomic E-state index is 13.3. The first-order valence-electron chi connectivity index (χ1n) is 9.79. The summed E-state index contributed by atoms with van der Waals surface area (Å²) in [6.45, 7) is 6.36. The first-order chi connectivity index (χ1) is 13.7. The number of carbonyl (C=O) groups is 3. The monoisotopic (exact) mass is 411 g/mol. The number of hydrogen-bond acceptors (Lipinski definition) is 4. The number of thiophene rings is 1. The minimum absolute atomic E-state index is 0.0480. The summed E-state index contributed by atoms with van der Waals surface area (Å²) in [6.07, 6.45) is 0.833. The van der Waals surface area contributed by atoms with Gasteiger partial charge in [-0.25, -0.2) is 0 Å². The molecule has 2 atom stereocenters. The molecule has 1 saturated heterocycles. The number of fused-ring (bicyclic) bond motifs is 2. The average molecular weight is 412 g/mol. The quantitative estimate of drug-likeness (QED) is 0.811. The number of nitrogens with one attached hydrogen (secondary N) is 2. The lowest BCUT2D eigenvalue weighted by atomic mass is 9.92. The van der Waals surface area contributed by atoms with Gasteiger partial charge >= 0.3 is 0 Å². The minimum Gasteiger partial charge on any atom is -0.351 e. The third kappa shape index (κ3) is 4.05. The molecule has 3 heterocycles. The van der Waals surface area contributed by atoms with Gasteiger partial charge in [-0.1, -0.05) is 26.8 Å². The van der Waals surface area contributed by atoms with Crippen molar-refractivity contribution in [2.45, 2.75) is 45.7 Å². The van der Waals surface area contributed by atoms with Gasteiger partial charge in [0.05, 0.1) is 11.3 Å². The standard InChI is InChI=1S/C22H25N3O3S/c1-22(2,3)10-19(26)23-15-9-18-20(27)24-17-5-4-13(14-6-7-29-12-14)8-16(17)21(28)25(18)11-15/h4-8,12,15,18H,9-11H2,1-3H3,(H,23,26)(H,24,27). The molecule has 6 nitrogen and oxygen atoms in total. The van der Waals surface area contributed by atoms with E-state index < -0.39 is 6.04 Å². The molecule has 7 heteroatoms. The van der Waals surface area contributed by atoms with E-state index in [1.807, 2.05) is 49.7 Å². The largest absolute Gasteiger partial charge is 0.351 e. The fourth-order valence-electron chi connectivity index (χ4n) is 3.98. The van der Waals surface area contributed by atoms with Crippen LogP contribution in [0.2, 0.25) is 0 Å². The lowest BCUT2D eigenvalue weighted by molar-refractivity contribution is -0.123. The summed E-state index contributed by atoms with van der Waals surface area (Å²) < 4.78 is 0. The molecule has 152 valence electrons. The Hall–Kier alpha value is -2.67. The molecule has 1 fully saturated rings. The van der Waals surface area contributed by atoms with Crippen LogP contribution in [-0.2, 0) is 9.59 Å². The molecular formula is C22H25N3O3S. The molecule has 0 spiro atoms. The van der Waals surface area contributed by atoms with Crippen molar-refractivity contribution in [3.63, 3.8) is 0 Å². The van der Waals surface area contributed by atoms with Crippen molar-refractivity contribution >= 4 is 34.7 Å². The number of benzene rings is 1. The molecule has 0 aliphatic carbocycles. The number of nitrogens with zero attached hydrogens (tertiary/aromatic N) is 1. The maximum Gasteiger partial charge on any atom is 0.256 e. The Labute approximate surface area is 174 Å². The van der Waals surface area contributed by atoms with Crippen molar-refractivity contribution in [2.24, 2.45) is 5.41 Å². The van der Waals surface area contributed by atoms with Gasteiger partial charge in [-0.15, -0.1) is 0 Å². The summed E-state index contributed by atoms with van der Waals surface area (Å²) in [5.41, 5.74) is 2.91. The molecule has 2 aliphatic rings. The predicted octanol–water partition coefficient (Wildman–Crippen LogP) is 3.50. The first-order valence-corrected chi connectivity index (χ1v) is 10.7. The predicted molar refractivity (Wildman–Crippen MR) is 114 cm³/mol. The second-order valence-electron chi connectivity index (χ2n) is 8.97. The Bertz CT molecular complexity index is 962. The molecular weight excluding hydrogens is 386 g/mol. The second-order valence-corrected chi connectivity index (χ2v) is 9.75. The number of anilines is 1. The van der Waals surface area contributed by atoms with Crippen LogP contribution in [0.5, 0.6) is 0 Å². The molecule has 0 saturated carbocycles. The number of amides is 3. The van der Waals surface area contributed by atoms with Crippen LogP contribution >= 0.6 is 11.3 Å². The number of hydrogen-bond donors (Lipinski definition) is 2. The van der Waals surface area contributed by atoms with E-state index in [-0.39, 0.29) is 29.2 Å². The van der Waals surface area contributed by atoms with Gasteiger partial charge in [0, 0.05) is 19.0 Å². The van der Waals surface area contributed by atoms with Gasteiger partial charge in [0.2, 0.25) is 11.8 Å². The maximum absolute atomic E-state index is 13.3. The number of rotatable bonds is 3. The highest BCUT2D eigenvalue weighted by Crippen LogP contribution is 2.33. The van der Waals surface area contributed by atoms with E-state index in [0.29, 0.717) is 30.6 Å². The second kappa shape index (κ2) is 7.30. The Kier molecular flexibility index (Phi) is 4.94. The Morgan fingerprint density at radius 2 is 2.03 bits per heavy atom. The van der Waals surface area contributed by atoms with Crippen LogP contribution in [0, 0.1) is 5.41 Å². The molecule has 3 amide bonds. The van der Waals surface area contributed by atoms with Crippen molar-refractivity contribution in [3.05, 3.63) is 40.6 Å². The van der Waals surface area contributed by atoms with Crippen LogP contribution in [0.4, 0.5) is 5.69 Å². The van der Waals surface area contributed by atoms with Gasteiger partial charge in [0.1, 0.15) is 6.04 Å². The van der Waals surface area contributed by atoms with E-state index in [9.17, 15) is 14.4 Å². The van der Waals surface area contributed by atoms with E-state index in [2.05, 4.69) is 10.6 Å². The SMILES string of the molecule is CC(C)(C)CC(=O)NC1CC2C(=O)Nc3ccc(-c4ccsc4)cc3C(=O)N2C1. The molecule has 2 aliphatic heterocycles. The molecule has 2 unspecified atom stereocenters. The molecule has 1 aromatic carbocycles. The fraction of sp³-hybridized carbons (Fsp3) is 0.409. The smallest absolute Gasteiger partial charge is 0.256 e. The van der Waals surface area contributed by atoms with Gasteiger partial charge < -0.3 is 15.5 Å². The van der Waals surface area contributed by atoms with Gasteiger partial charge in [0.25, 0.3) is 5.91 Å². The third-order valence-electron chi connectivity index (χ3n) is 5.28. The van der Waals surface area contributed by atoms with E-state index in [1.165, 1.54) is 0 Å². The van der Waals surface area contributed by atoms with Gasteiger partial charge in [-0.2, -0.15) is 11.3 Å². The topological polar surface area (TPSA) is 78.5 Å². The van der Waals surface area contributed by atoms with Gasteiger partial charge in [-0.05, 0) is 51.9 Å². The Morgan fingerprint density at radius 3 is 2.72 bits per heavy atom. The van der Waals surface area contributed by atoms with E-state index >= 15 is 0 Å². The zero-order chi connectivity index (χ0) is 20.8. The molecule has 2 aromatic rings. The summed E-state index contributed by atoms with van der Waals surface area (Å²) in [4.78, 5) is 39.9. The van der Waals surface area contributed by atoms with Crippen LogP contribution in [-0.4, -0.2) is 41.2 Å². The molecule has 1 aromatic heterocycles. The molecule has 2 N–H and O–H groups in total. The van der Waals surface area contributed by atoms with Crippen LogP contribution in [0.15, 0.2) is 35.0 Å². The molecule has 0 radical (unpaired) electrons. The van der Waals surface area contributed by atoms with Gasteiger partial charge in [-0.3, -0.25) is 14.4 Å². The van der Waals surface area contributed by atoms with Crippen molar-refractivity contribution < 1.29 is 14.4 Å². The van der Waals surface area contributed by atoms with E-state index in [0.717, 1.165) is 11.1 Å². The third-order valence-corrected chi connectivity index (χ3v) is 5.97. The fourth-order valence-corrected chi connectivity index (χ4v) is 4.65. The highest BCUT2D eigenvalue weighted by atomic mass is 32.1. The first kappa shape index (κ1) is 19.6. The zero-order valence-electron chi connectivity index (χ0n) is 16.8. The summed E-state index contributed by atoms with van der Waals surface area (Å²) in [5.74, 6) is -0.422. The van der Waals surface area contributed by atoms with E-state index in [4.69, 9.17) is 0 Å². The van der Waals surface area contributed by atoms with Crippen molar-refractivity contribution in [2.75, 3.05) is 11.9 Å². The van der Waals surface area contributed by atoms with Crippen LogP contribution < -0.4 is 10.6 Å². The normalized spacial score (nSPS) is 21.3. The Balaban J connectivity index is 1.56. The van der Waals surface area contributed by atoms with Crippen molar-refractivity contribution in [1.82, 2.24) is 10.2 Å². The molecule has 0 bridgehead atoms. The highest BCUT2D eigenvalue weighted by molar-refractivity contribution is 7.08. The van der Waals surface area contributed by atoms with Crippen LogP contribution in [0.1, 0.15) is 44.0 Å². The van der Waals surface area contributed by atoms with Crippen molar-refractivity contribution in [3.8, 4) is 11.1 Å². The van der Waals surface area contributed by atoms with Crippen LogP contribution in [0.3, 0.4) is 0 Å². The lowest BCUT2D eigenvalue weighted by Gasteiger charge is -2.21. The number of carbonyl (C=O) groups excluding carboxylic acids is 3. The molecule has 4 rings (SSSR count). The summed E-state index contributed by atoms with van der Waals surface area (Å²) in [7, 11) is 0. The highest BCUT2D eigenvalue weighted by Gasteiger charge is 2.43. The van der Waals surface area contributed by atoms with E-state index in [1.54, 1.807) is 22.3 Å². The molecule has 29 heavy (non-hydrogen) atoms. The minimum atomic E-state index is -0.570. The lowest BCUT2D eigenvalue weighted by Crippen LogP contribution is -2.41. The summed E-state index contributed by atoms with van der Waals surface area (Å²) in [6, 6.07) is 6.77.